The van der Waals surface area contributed by atoms with Gasteiger partial charge in [-0.1, -0.05) is 84.0 Å². The maximum absolute atomic E-state index is 6.22. The van der Waals surface area contributed by atoms with E-state index in [1.54, 1.807) is 29.0 Å². The maximum atomic E-state index is 6.22. The molecule has 0 saturated heterocycles. The van der Waals surface area contributed by atoms with Crippen LogP contribution >= 0.6 is 23.4 Å². The van der Waals surface area contributed by atoms with Crippen molar-refractivity contribution >= 4 is 29.6 Å². The van der Waals surface area contributed by atoms with Gasteiger partial charge in [0.1, 0.15) is 18.7 Å². The van der Waals surface area contributed by atoms with Gasteiger partial charge in [0.25, 0.3) is 0 Å². The standard InChI is InChI=1S/C23H19ClN4OS/c24-21-12-6-4-11-20(21)15-29-22-13-7-5-10-19(22)14-26-28-17-25-27-23(28)30-16-18-8-2-1-3-9-18/h1-14,17H,15-16H2/b26-14+. The van der Waals surface area contributed by atoms with Crippen LogP contribution in [0.15, 0.2) is 95.4 Å². The van der Waals surface area contributed by atoms with Crippen molar-refractivity contribution in [1.29, 1.82) is 0 Å². The highest BCUT2D eigenvalue weighted by atomic mass is 35.5. The number of ether oxygens (including phenoxy) is 1. The van der Waals surface area contributed by atoms with Crippen LogP contribution in [0.4, 0.5) is 0 Å². The molecule has 0 radical (unpaired) electrons. The predicted molar refractivity (Wildman–Crippen MR) is 121 cm³/mol. The zero-order chi connectivity index (χ0) is 20.6. The van der Waals surface area contributed by atoms with Crippen molar-refractivity contribution in [3.63, 3.8) is 0 Å². The van der Waals surface area contributed by atoms with E-state index < -0.39 is 0 Å². The van der Waals surface area contributed by atoms with E-state index in [4.69, 9.17) is 16.3 Å². The molecule has 0 amide bonds. The molecule has 30 heavy (non-hydrogen) atoms. The fraction of sp³-hybridized carbons (Fsp3) is 0.0870. The molecule has 0 bridgehead atoms. The number of benzene rings is 3. The molecular formula is C23H19ClN4OS. The van der Waals surface area contributed by atoms with Crippen LogP contribution in [-0.2, 0) is 12.4 Å². The molecule has 0 aliphatic carbocycles. The summed E-state index contributed by atoms with van der Waals surface area (Å²) < 4.78 is 7.65. The molecule has 0 N–H and O–H groups in total. The molecule has 7 heteroatoms. The Morgan fingerprint density at radius 1 is 0.967 bits per heavy atom. The summed E-state index contributed by atoms with van der Waals surface area (Å²) in [6.07, 6.45) is 3.34. The van der Waals surface area contributed by atoms with Gasteiger partial charge in [0, 0.05) is 21.9 Å². The van der Waals surface area contributed by atoms with Gasteiger partial charge in [-0.25, -0.2) is 0 Å². The lowest BCUT2D eigenvalue weighted by Gasteiger charge is -2.10. The van der Waals surface area contributed by atoms with Crippen LogP contribution in [0, 0.1) is 0 Å². The normalized spacial score (nSPS) is 11.1. The van der Waals surface area contributed by atoms with Crippen molar-refractivity contribution in [2.24, 2.45) is 5.10 Å². The second-order valence-electron chi connectivity index (χ2n) is 6.39. The number of halogens is 1. The summed E-state index contributed by atoms with van der Waals surface area (Å²) in [7, 11) is 0. The second-order valence-corrected chi connectivity index (χ2v) is 7.74. The van der Waals surface area contributed by atoms with Crippen LogP contribution in [0.2, 0.25) is 5.02 Å². The first-order valence-electron chi connectivity index (χ1n) is 9.36. The van der Waals surface area contributed by atoms with Gasteiger partial charge >= 0.3 is 0 Å². The average molecular weight is 435 g/mol. The monoisotopic (exact) mass is 434 g/mol. The molecule has 0 spiro atoms. The van der Waals surface area contributed by atoms with Crippen LogP contribution in [0.3, 0.4) is 0 Å². The number of para-hydroxylation sites is 1. The van der Waals surface area contributed by atoms with Crippen LogP contribution < -0.4 is 4.74 Å². The highest BCUT2D eigenvalue weighted by molar-refractivity contribution is 7.98. The quantitative estimate of drug-likeness (QED) is 0.264. The Bertz CT molecular complexity index is 1130. The number of aromatic nitrogens is 3. The number of hydrogen-bond donors (Lipinski definition) is 0. The van der Waals surface area contributed by atoms with Crippen LogP contribution in [0.5, 0.6) is 5.75 Å². The summed E-state index contributed by atoms with van der Waals surface area (Å²) in [4.78, 5) is 0. The Balaban J connectivity index is 1.45. The van der Waals surface area contributed by atoms with Gasteiger partial charge in [-0.3, -0.25) is 0 Å². The molecular weight excluding hydrogens is 416 g/mol. The minimum atomic E-state index is 0.384. The first kappa shape index (κ1) is 20.2. The molecule has 1 heterocycles. The third-order valence-electron chi connectivity index (χ3n) is 4.29. The van der Waals surface area contributed by atoms with Gasteiger partial charge < -0.3 is 4.74 Å². The molecule has 0 unspecified atom stereocenters. The zero-order valence-electron chi connectivity index (χ0n) is 16.1. The van der Waals surface area contributed by atoms with Gasteiger partial charge in [-0.05, 0) is 23.8 Å². The highest BCUT2D eigenvalue weighted by Crippen LogP contribution is 2.22. The number of nitrogens with zero attached hydrogens (tertiary/aromatic N) is 4. The smallest absolute Gasteiger partial charge is 0.212 e. The number of hydrogen-bond acceptors (Lipinski definition) is 5. The Labute approximate surface area is 184 Å². The van der Waals surface area contributed by atoms with E-state index in [0.29, 0.717) is 11.6 Å². The fourth-order valence-corrected chi connectivity index (χ4v) is 3.74. The Hall–Kier alpha value is -3.09. The molecule has 0 aliphatic rings. The molecule has 1 aromatic heterocycles. The van der Waals surface area contributed by atoms with Crippen molar-refractivity contribution in [3.8, 4) is 5.75 Å². The lowest BCUT2D eigenvalue weighted by Crippen LogP contribution is -2.00. The Kier molecular flexibility index (Phi) is 6.79. The molecule has 150 valence electrons. The number of rotatable bonds is 8. The minimum Gasteiger partial charge on any atom is -0.488 e. The summed E-state index contributed by atoms with van der Waals surface area (Å²) in [5.41, 5.74) is 3.01. The van der Waals surface area contributed by atoms with E-state index in [-0.39, 0.29) is 0 Å². The molecule has 4 aromatic rings. The topological polar surface area (TPSA) is 52.3 Å². The minimum absolute atomic E-state index is 0.384. The van der Waals surface area contributed by atoms with E-state index in [9.17, 15) is 0 Å². The predicted octanol–water partition coefficient (Wildman–Crippen LogP) is 5.69. The maximum Gasteiger partial charge on any atom is 0.212 e. The van der Waals surface area contributed by atoms with E-state index in [2.05, 4.69) is 27.4 Å². The van der Waals surface area contributed by atoms with Gasteiger partial charge in [0.15, 0.2) is 0 Å². The number of thioether (sulfide) groups is 1. The summed E-state index contributed by atoms with van der Waals surface area (Å²) in [6, 6.07) is 25.6. The molecule has 5 nitrogen and oxygen atoms in total. The van der Waals surface area contributed by atoms with Gasteiger partial charge in [0.2, 0.25) is 5.16 Å². The summed E-state index contributed by atoms with van der Waals surface area (Å²) >= 11 is 7.81. The van der Waals surface area contributed by atoms with E-state index in [1.165, 1.54) is 5.56 Å². The third-order valence-corrected chi connectivity index (χ3v) is 5.67. The summed E-state index contributed by atoms with van der Waals surface area (Å²) in [5.74, 6) is 1.53. The first-order chi connectivity index (χ1) is 14.8. The van der Waals surface area contributed by atoms with Crippen molar-refractivity contribution < 1.29 is 4.74 Å². The van der Waals surface area contributed by atoms with Crippen molar-refractivity contribution in [2.45, 2.75) is 17.5 Å². The van der Waals surface area contributed by atoms with Crippen molar-refractivity contribution in [3.05, 3.63) is 107 Å². The first-order valence-corrected chi connectivity index (χ1v) is 10.7. The van der Waals surface area contributed by atoms with Crippen LogP contribution in [-0.4, -0.2) is 21.1 Å². The summed E-state index contributed by atoms with van der Waals surface area (Å²) in [6.45, 7) is 0.384. The molecule has 0 fully saturated rings. The Morgan fingerprint density at radius 2 is 1.73 bits per heavy atom. The molecule has 3 aromatic carbocycles. The lowest BCUT2D eigenvalue weighted by atomic mass is 10.2. The average Bonchev–Trinajstić information content (AvgIpc) is 3.24. The summed E-state index contributed by atoms with van der Waals surface area (Å²) in [5, 5.41) is 14.1. The molecule has 0 saturated carbocycles. The largest absolute Gasteiger partial charge is 0.488 e. The van der Waals surface area contributed by atoms with Crippen LogP contribution in [0.1, 0.15) is 16.7 Å². The van der Waals surface area contributed by atoms with Gasteiger partial charge in [-0.15, -0.1) is 10.2 Å². The molecule has 0 aliphatic heterocycles. The van der Waals surface area contributed by atoms with Crippen LogP contribution in [0.25, 0.3) is 0 Å². The SMILES string of the molecule is Clc1ccccc1COc1ccccc1/C=N/n1cnnc1SCc1ccccc1. The third kappa shape index (κ3) is 5.28. The molecule has 0 atom stereocenters. The molecule has 4 rings (SSSR count). The van der Waals surface area contributed by atoms with Crippen molar-refractivity contribution in [2.75, 3.05) is 0 Å². The second kappa shape index (κ2) is 10.1. The lowest BCUT2D eigenvalue weighted by molar-refractivity contribution is 0.306. The van der Waals surface area contributed by atoms with E-state index in [1.807, 2.05) is 66.7 Å². The van der Waals surface area contributed by atoms with Gasteiger partial charge in [0.05, 0.1) is 6.21 Å². The highest BCUT2D eigenvalue weighted by Gasteiger charge is 2.06. The van der Waals surface area contributed by atoms with Gasteiger partial charge in [-0.2, -0.15) is 9.78 Å². The van der Waals surface area contributed by atoms with E-state index >= 15 is 0 Å². The van der Waals surface area contributed by atoms with Crippen molar-refractivity contribution in [1.82, 2.24) is 14.9 Å². The zero-order valence-corrected chi connectivity index (χ0v) is 17.6. The van der Waals surface area contributed by atoms with E-state index in [0.717, 1.165) is 27.8 Å². The fourth-order valence-electron chi connectivity index (χ4n) is 2.73. The Morgan fingerprint density at radius 3 is 2.60 bits per heavy atom.